The number of halogens is 6. The van der Waals surface area contributed by atoms with Crippen molar-refractivity contribution in [1.29, 1.82) is 0 Å². The maximum Gasteiger partial charge on any atom is 0.416 e. The molecule has 11 nitrogen and oxygen atoms in total. The van der Waals surface area contributed by atoms with Crippen molar-refractivity contribution >= 4 is 17.8 Å². The summed E-state index contributed by atoms with van der Waals surface area (Å²) in [4.78, 5) is 14.1. The number of piperidine rings is 1. The number of aliphatic hydroxyl groups is 4. The Morgan fingerprint density at radius 3 is 2.35 bits per heavy atom. The van der Waals surface area contributed by atoms with Gasteiger partial charge >= 0.3 is 12.2 Å². The third-order valence-electron chi connectivity index (χ3n) is 9.07. The summed E-state index contributed by atoms with van der Waals surface area (Å²) in [5.74, 6) is -4.69. The fraction of sp³-hybridized carbons (Fsp3) is 0.516. The number of urea groups is 1. The molecule has 2 saturated heterocycles. The standard InChI is InChI=1S/C31H33F6N5O6S/c32-19-11-15(12-20(33)23(19)34)21-13-42(40-39-21)24-25(44)22(14-43)48-28(26(24)45)49-27(17-3-1-2-4-18(17)31(35,36)37)30(47)7-9-41(10-8-30)29(46)38-16-5-6-16/h1-4,11-13,16,22,24-28,43-45,47H,5-10,14H2,(H,38,46)/t22-,24+,25+,26-,27+,28+/m1/s1. The van der Waals surface area contributed by atoms with Gasteiger partial charge in [-0.2, -0.15) is 13.2 Å². The fourth-order valence-electron chi connectivity index (χ4n) is 6.21. The Morgan fingerprint density at radius 2 is 1.73 bits per heavy atom. The fourth-order valence-corrected chi connectivity index (χ4v) is 7.85. The van der Waals surface area contributed by atoms with Gasteiger partial charge in [0.2, 0.25) is 0 Å². The van der Waals surface area contributed by atoms with Gasteiger partial charge in [-0.05, 0) is 49.4 Å². The summed E-state index contributed by atoms with van der Waals surface area (Å²) >= 11 is 0.655. The number of thioether (sulfide) groups is 1. The Bertz CT molecular complexity index is 1650. The van der Waals surface area contributed by atoms with Crippen molar-refractivity contribution in [2.75, 3.05) is 19.7 Å². The Balaban J connectivity index is 1.32. The van der Waals surface area contributed by atoms with Gasteiger partial charge in [0.25, 0.3) is 0 Å². The van der Waals surface area contributed by atoms with Crippen LogP contribution in [0.1, 0.15) is 48.1 Å². The van der Waals surface area contributed by atoms with E-state index >= 15 is 0 Å². The van der Waals surface area contributed by atoms with Gasteiger partial charge in [0.05, 0.1) is 29.2 Å². The third-order valence-corrected chi connectivity index (χ3v) is 10.7. The molecule has 6 rings (SSSR count). The van der Waals surface area contributed by atoms with E-state index in [0.717, 1.165) is 29.8 Å². The number of benzene rings is 2. The van der Waals surface area contributed by atoms with Crippen molar-refractivity contribution < 1.29 is 56.3 Å². The van der Waals surface area contributed by atoms with E-state index in [1.54, 1.807) is 0 Å². The van der Waals surface area contributed by atoms with E-state index in [-0.39, 0.29) is 54.8 Å². The first kappa shape index (κ1) is 35.4. The first-order valence-electron chi connectivity index (χ1n) is 15.5. The molecule has 0 radical (unpaired) electrons. The molecule has 0 unspecified atom stereocenters. The number of carbonyl (C=O) groups is 1. The number of hydrogen-bond donors (Lipinski definition) is 5. The number of aromatic nitrogens is 3. The number of ether oxygens (including phenoxy) is 1. The molecule has 2 aliphatic heterocycles. The van der Waals surface area contributed by atoms with Gasteiger partial charge in [-0.3, -0.25) is 0 Å². The van der Waals surface area contributed by atoms with Crippen LogP contribution in [0.5, 0.6) is 0 Å². The molecule has 49 heavy (non-hydrogen) atoms. The monoisotopic (exact) mass is 717 g/mol. The van der Waals surface area contributed by atoms with Crippen molar-refractivity contribution in [3.63, 3.8) is 0 Å². The average molecular weight is 718 g/mol. The summed E-state index contributed by atoms with van der Waals surface area (Å²) in [6, 6.07) is 4.26. The number of rotatable bonds is 8. The highest BCUT2D eigenvalue weighted by atomic mass is 32.2. The summed E-state index contributed by atoms with van der Waals surface area (Å²) in [7, 11) is 0. The molecule has 2 aromatic carbocycles. The molecule has 3 aromatic rings. The predicted octanol–water partition coefficient (Wildman–Crippen LogP) is 3.53. The number of nitrogens with one attached hydrogen (secondary N) is 1. The molecule has 18 heteroatoms. The molecule has 3 aliphatic rings. The lowest BCUT2D eigenvalue weighted by Crippen LogP contribution is -2.56. The summed E-state index contributed by atoms with van der Waals surface area (Å²) < 4.78 is 91.1. The molecule has 1 aromatic heterocycles. The maximum atomic E-state index is 14.3. The highest BCUT2D eigenvalue weighted by Crippen LogP contribution is 2.52. The summed E-state index contributed by atoms with van der Waals surface area (Å²) in [5.41, 5.74) is -5.05. The summed E-state index contributed by atoms with van der Waals surface area (Å²) in [6.07, 6.45) is -7.08. The first-order valence-corrected chi connectivity index (χ1v) is 16.4. The van der Waals surface area contributed by atoms with Gasteiger partial charge in [0.1, 0.15) is 35.5 Å². The van der Waals surface area contributed by atoms with Crippen molar-refractivity contribution in [3.05, 3.63) is 71.2 Å². The third kappa shape index (κ3) is 7.25. The molecule has 6 atom stereocenters. The van der Waals surface area contributed by atoms with Crippen molar-refractivity contribution in [2.24, 2.45) is 0 Å². The molecule has 0 bridgehead atoms. The molecular weight excluding hydrogens is 684 g/mol. The molecule has 0 spiro atoms. The number of amides is 2. The average Bonchev–Trinajstić information content (AvgIpc) is 3.75. The van der Waals surface area contributed by atoms with Crippen LogP contribution in [0.3, 0.4) is 0 Å². The number of alkyl halides is 3. The van der Waals surface area contributed by atoms with E-state index < -0.39 is 76.4 Å². The smallest absolute Gasteiger partial charge is 0.394 e. The largest absolute Gasteiger partial charge is 0.416 e. The lowest BCUT2D eigenvalue weighted by Gasteiger charge is -2.47. The predicted molar refractivity (Wildman–Crippen MR) is 161 cm³/mol. The van der Waals surface area contributed by atoms with Crippen molar-refractivity contribution in [1.82, 2.24) is 25.2 Å². The van der Waals surface area contributed by atoms with Gasteiger partial charge in [-0.15, -0.1) is 16.9 Å². The number of hydrogen-bond acceptors (Lipinski definition) is 9. The van der Waals surface area contributed by atoms with E-state index in [4.69, 9.17) is 4.74 Å². The van der Waals surface area contributed by atoms with Crippen LogP contribution in [0.15, 0.2) is 42.6 Å². The minimum atomic E-state index is -4.83. The van der Waals surface area contributed by atoms with Gasteiger partial charge < -0.3 is 35.4 Å². The summed E-state index contributed by atoms with van der Waals surface area (Å²) in [5, 5.41) is 53.9. The Morgan fingerprint density at radius 1 is 1.08 bits per heavy atom. The zero-order chi connectivity index (χ0) is 35.2. The van der Waals surface area contributed by atoms with Crippen molar-refractivity contribution in [2.45, 2.75) is 78.5 Å². The van der Waals surface area contributed by atoms with Crippen molar-refractivity contribution in [3.8, 4) is 11.3 Å². The number of likely N-dealkylation sites (tertiary alicyclic amines) is 1. The van der Waals surface area contributed by atoms with Crippen LogP contribution >= 0.6 is 11.8 Å². The van der Waals surface area contributed by atoms with Gasteiger partial charge in [-0.25, -0.2) is 22.6 Å². The lowest BCUT2D eigenvalue weighted by atomic mass is 9.83. The molecule has 1 saturated carbocycles. The Labute approximate surface area is 279 Å². The molecule has 2 amide bonds. The van der Waals surface area contributed by atoms with Crippen LogP contribution in [0.25, 0.3) is 11.3 Å². The van der Waals surface area contributed by atoms with Gasteiger partial charge in [-0.1, -0.05) is 23.4 Å². The van der Waals surface area contributed by atoms with Crippen LogP contribution < -0.4 is 5.32 Å². The van der Waals surface area contributed by atoms with E-state index in [0.29, 0.717) is 23.9 Å². The highest BCUT2D eigenvalue weighted by molar-refractivity contribution is 8.00. The van der Waals surface area contributed by atoms with Crippen LogP contribution in [0.4, 0.5) is 31.1 Å². The molecule has 3 fully saturated rings. The van der Waals surface area contributed by atoms with Crippen LogP contribution in [-0.4, -0.2) is 101 Å². The first-order chi connectivity index (χ1) is 23.2. The maximum absolute atomic E-state index is 14.3. The second kappa shape index (κ2) is 13.7. The summed E-state index contributed by atoms with van der Waals surface area (Å²) in [6.45, 7) is -0.737. The van der Waals surface area contributed by atoms with E-state index in [2.05, 4.69) is 15.6 Å². The highest BCUT2D eigenvalue weighted by Gasteiger charge is 2.51. The minimum absolute atomic E-state index is 0.0291. The lowest BCUT2D eigenvalue weighted by molar-refractivity contribution is -0.179. The van der Waals surface area contributed by atoms with Crippen LogP contribution in [-0.2, 0) is 10.9 Å². The normalized spacial score (nSPS) is 26.4. The van der Waals surface area contributed by atoms with E-state index in [9.17, 15) is 51.6 Å². The Kier molecular flexibility index (Phi) is 9.91. The number of aliphatic hydroxyl groups excluding tert-OH is 3. The second-order valence-electron chi connectivity index (χ2n) is 12.5. The molecule has 5 N–H and O–H groups in total. The molecule has 266 valence electrons. The van der Waals surface area contributed by atoms with E-state index in [1.165, 1.54) is 23.1 Å². The SMILES string of the molecule is O=C(NC1CC1)N1CCC(O)([C@@H](S[C@@H]2O[C@H](CO)[C@H](O)[C@H](n3cc(-c4cc(F)c(F)c(F)c4)nn3)[C@H]2O)c2ccccc2C(F)(F)F)CC1. The van der Waals surface area contributed by atoms with Crippen LogP contribution in [0.2, 0.25) is 0 Å². The zero-order valence-electron chi connectivity index (χ0n) is 25.6. The molecular formula is C31H33F6N5O6S. The van der Waals surface area contributed by atoms with Gasteiger partial charge in [0, 0.05) is 24.7 Å². The Hall–Kier alpha value is -3.42. The molecule has 1 aliphatic carbocycles. The number of nitrogens with zero attached hydrogens (tertiary/aromatic N) is 4. The van der Waals surface area contributed by atoms with Crippen LogP contribution in [0, 0.1) is 17.5 Å². The topological polar surface area (TPSA) is 153 Å². The zero-order valence-corrected chi connectivity index (χ0v) is 26.4. The van der Waals surface area contributed by atoms with Gasteiger partial charge in [0.15, 0.2) is 17.5 Å². The molecule has 3 heterocycles. The quantitative estimate of drug-likeness (QED) is 0.174. The number of carbonyl (C=O) groups excluding carboxylic acids is 1. The minimum Gasteiger partial charge on any atom is -0.394 e. The second-order valence-corrected chi connectivity index (χ2v) is 13.7. The van der Waals surface area contributed by atoms with E-state index in [1.807, 2.05) is 0 Å².